The van der Waals surface area contributed by atoms with Gasteiger partial charge < -0.3 is 20.6 Å². The molecule has 0 radical (unpaired) electrons. The predicted molar refractivity (Wildman–Crippen MR) is 184 cm³/mol. The number of allylic oxidation sites excluding steroid dienone is 2. The second-order valence-electron chi connectivity index (χ2n) is 14.0. The number of halogens is 1. The van der Waals surface area contributed by atoms with Crippen LogP contribution in [0.3, 0.4) is 0 Å². The summed E-state index contributed by atoms with van der Waals surface area (Å²) in [5, 5.41) is 17.5. The van der Waals surface area contributed by atoms with E-state index in [1.165, 1.54) is 60.7 Å². The van der Waals surface area contributed by atoms with Crippen LogP contribution in [0.1, 0.15) is 85.6 Å². The maximum absolute atomic E-state index is 13.9. The summed E-state index contributed by atoms with van der Waals surface area (Å²) in [5.41, 5.74) is 18.6. The van der Waals surface area contributed by atoms with Crippen molar-refractivity contribution in [1.82, 2.24) is 30.8 Å². The number of hydrogen-bond donors (Lipinski definition) is 5. The molecule has 6 N–H and O–H groups in total. The number of hydrazine groups is 1. The van der Waals surface area contributed by atoms with Gasteiger partial charge in [-0.1, -0.05) is 12.1 Å². The summed E-state index contributed by atoms with van der Waals surface area (Å²) in [5.74, 6) is 0.170. The van der Waals surface area contributed by atoms with Gasteiger partial charge >= 0.3 is 0 Å². The Morgan fingerprint density at radius 3 is 2.53 bits per heavy atom. The van der Waals surface area contributed by atoms with Crippen molar-refractivity contribution in [3.8, 4) is 5.75 Å². The Kier molecular flexibility index (Phi) is 8.26. The fourth-order valence-electron chi connectivity index (χ4n) is 8.68. The second kappa shape index (κ2) is 12.9. The number of fused-ring (bicyclic) bond motifs is 1. The van der Waals surface area contributed by atoms with Gasteiger partial charge in [0.1, 0.15) is 23.4 Å². The molecule has 3 aromatic rings. The average Bonchev–Trinajstić information content (AvgIpc) is 3.78. The van der Waals surface area contributed by atoms with Crippen molar-refractivity contribution in [1.29, 1.82) is 0 Å². The number of hydrogen-bond acceptors (Lipinski definition) is 9. The van der Waals surface area contributed by atoms with E-state index in [4.69, 9.17) is 10.8 Å². The minimum Gasteiger partial charge on any atom is -0.507 e. The molecule has 4 aliphatic heterocycles. The molecule has 3 fully saturated rings. The van der Waals surface area contributed by atoms with Crippen LogP contribution in [-0.2, 0) is 16.0 Å². The predicted octanol–water partition coefficient (Wildman–Crippen LogP) is 4.04. The molecule has 0 bridgehead atoms. The zero-order valence-corrected chi connectivity index (χ0v) is 27.5. The third-order valence-electron chi connectivity index (χ3n) is 11.3. The number of aromatic nitrogens is 2. The molecule has 256 valence electrons. The summed E-state index contributed by atoms with van der Waals surface area (Å²) >= 11 is 0. The number of nitrogens with one attached hydrogen (secondary N) is 3. The third-order valence-corrected chi connectivity index (χ3v) is 11.3. The van der Waals surface area contributed by atoms with Crippen molar-refractivity contribution in [3.63, 3.8) is 0 Å². The molecule has 49 heavy (non-hydrogen) atoms. The molecule has 2 saturated heterocycles. The molecule has 12 heteroatoms. The van der Waals surface area contributed by atoms with Crippen LogP contribution < -0.4 is 26.8 Å². The first-order valence-electron chi connectivity index (χ1n) is 17.6. The van der Waals surface area contributed by atoms with Gasteiger partial charge in [0.15, 0.2) is 0 Å². The smallest absolute Gasteiger partial charge is 0.249 e. The number of imide groups is 1. The molecule has 1 atom stereocenters. The molecule has 5 aliphatic rings. The molecule has 11 nitrogen and oxygen atoms in total. The summed E-state index contributed by atoms with van der Waals surface area (Å²) in [4.78, 5) is 29.2. The van der Waals surface area contributed by atoms with Crippen molar-refractivity contribution >= 4 is 28.8 Å². The van der Waals surface area contributed by atoms with E-state index in [1.54, 1.807) is 6.08 Å². The Bertz CT molecular complexity index is 1840. The van der Waals surface area contributed by atoms with Crippen LogP contribution in [0.15, 0.2) is 60.7 Å². The maximum Gasteiger partial charge on any atom is 0.249 e. The van der Waals surface area contributed by atoms with Crippen LogP contribution in [-0.4, -0.2) is 63.3 Å². The van der Waals surface area contributed by atoms with Crippen LogP contribution in [0.2, 0.25) is 0 Å². The molecular weight excluding hydrogens is 623 g/mol. The van der Waals surface area contributed by atoms with Gasteiger partial charge in [-0.25, -0.2) is 4.39 Å². The van der Waals surface area contributed by atoms with Crippen LogP contribution in [0.5, 0.6) is 5.75 Å². The number of carbonyl (C=O) groups excluding carboxylic acids is 2. The highest BCUT2D eigenvalue weighted by Gasteiger charge is 2.37. The zero-order valence-electron chi connectivity index (χ0n) is 27.5. The van der Waals surface area contributed by atoms with Crippen LogP contribution in [0.4, 0.5) is 10.1 Å². The number of carbonyl (C=O) groups is 2. The lowest BCUT2D eigenvalue weighted by atomic mass is 9.79. The molecule has 1 aliphatic carbocycles. The lowest BCUT2D eigenvalue weighted by Crippen LogP contribution is -2.52. The van der Waals surface area contributed by atoms with E-state index in [0.717, 1.165) is 50.0 Å². The lowest BCUT2D eigenvalue weighted by Gasteiger charge is -2.41. The van der Waals surface area contributed by atoms with E-state index >= 15 is 0 Å². The first kappa shape index (κ1) is 31.4. The Morgan fingerprint density at radius 1 is 0.918 bits per heavy atom. The number of phenolic OH excluding ortho intramolecular Hbond substituents is 1. The minimum atomic E-state index is -0.439. The van der Waals surface area contributed by atoms with Gasteiger partial charge in [0.25, 0.3) is 0 Å². The monoisotopic (exact) mass is 666 g/mol. The van der Waals surface area contributed by atoms with Crippen molar-refractivity contribution in [3.05, 3.63) is 88.8 Å². The van der Waals surface area contributed by atoms with Gasteiger partial charge in [-0.2, -0.15) is 5.10 Å². The van der Waals surface area contributed by atoms with Crippen LogP contribution in [0.25, 0.3) is 11.3 Å². The van der Waals surface area contributed by atoms with Crippen LogP contribution in [0, 0.1) is 5.82 Å². The normalized spacial score (nSPS) is 25.0. The lowest BCUT2D eigenvalue weighted by molar-refractivity contribution is -0.134. The van der Waals surface area contributed by atoms with Crippen molar-refractivity contribution in [2.24, 2.45) is 5.73 Å². The SMILES string of the molecule is NC1=C(c2cnn(C3CCN([C@H]4CC[C@H](c5cccc6c5CCN6[C@@H]5CCC(=O)NC5=O)CC4)CC3)c2)C=C(c2cc(F)ccc2O)NN1. The fraction of sp³-hybridized carbons (Fsp3) is 0.432. The van der Waals surface area contributed by atoms with Crippen molar-refractivity contribution < 1.29 is 19.1 Å². The molecule has 5 heterocycles. The van der Waals surface area contributed by atoms with E-state index in [0.29, 0.717) is 47.9 Å². The molecule has 2 aromatic carbocycles. The van der Waals surface area contributed by atoms with E-state index < -0.39 is 5.82 Å². The number of anilines is 1. The number of aromatic hydroxyl groups is 1. The van der Waals surface area contributed by atoms with Gasteiger partial charge in [-0.05, 0) is 98.8 Å². The number of nitrogens with two attached hydrogens (primary N) is 1. The van der Waals surface area contributed by atoms with E-state index in [2.05, 4.69) is 44.2 Å². The largest absolute Gasteiger partial charge is 0.507 e. The topological polar surface area (TPSA) is 141 Å². The Balaban J connectivity index is 0.871. The molecule has 2 amide bonds. The molecule has 0 unspecified atom stereocenters. The molecule has 1 aromatic heterocycles. The third kappa shape index (κ3) is 6.03. The first-order valence-corrected chi connectivity index (χ1v) is 17.6. The molecule has 1 saturated carbocycles. The number of likely N-dealkylation sites (tertiary alicyclic amines) is 1. The highest BCUT2D eigenvalue weighted by molar-refractivity contribution is 6.02. The highest BCUT2D eigenvalue weighted by Crippen LogP contribution is 2.42. The average molecular weight is 667 g/mol. The number of rotatable bonds is 6. The van der Waals surface area contributed by atoms with E-state index in [1.807, 2.05) is 17.1 Å². The van der Waals surface area contributed by atoms with Crippen molar-refractivity contribution in [2.75, 3.05) is 24.5 Å². The summed E-state index contributed by atoms with van der Waals surface area (Å²) in [7, 11) is 0. The summed E-state index contributed by atoms with van der Waals surface area (Å²) in [6.07, 6.45) is 14.3. The quantitative estimate of drug-likeness (QED) is 0.247. The Hall–Kier alpha value is -4.84. The Morgan fingerprint density at radius 2 is 1.73 bits per heavy atom. The van der Waals surface area contributed by atoms with Gasteiger partial charge in [-0.15, -0.1) is 0 Å². The van der Waals surface area contributed by atoms with Gasteiger partial charge in [0.2, 0.25) is 11.8 Å². The minimum absolute atomic E-state index is 0.0281. The maximum atomic E-state index is 13.9. The van der Waals surface area contributed by atoms with Crippen molar-refractivity contribution in [2.45, 2.75) is 81.8 Å². The van der Waals surface area contributed by atoms with Gasteiger partial charge in [-0.3, -0.25) is 30.4 Å². The van der Waals surface area contributed by atoms with Gasteiger partial charge in [0.05, 0.1) is 17.9 Å². The second-order valence-corrected chi connectivity index (χ2v) is 14.0. The summed E-state index contributed by atoms with van der Waals surface area (Å²) in [6, 6.07) is 11.1. The first-order chi connectivity index (χ1) is 23.8. The zero-order chi connectivity index (χ0) is 33.6. The van der Waals surface area contributed by atoms with E-state index in [9.17, 15) is 19.1 Å². The number of benzene rings is 2. The highest BCUT2D eigenvalue weighted by atomic mass is 19.1. The standard InChI is InChI=1S/C37H43FN8O3/c38-24-6-10-34(47)30(18-24)31-19-29(36(39)43-42-31)23-20-40-46(21-23)26-12-15-44(16-13-26)25-7-4-22(5-8-25)27-2-1-3-32-28(27)14-17-45(32)33-9-11-35(48)41-37(33)49/h1-3,6,10,18-22,25-26,33,42-43,47H,4-5,7-9,11-17,39H2,(H,41,48,49)/t22-,25-,33-/m1/s1. The number of nitrogens with zero attached hydrogens (tertiary/aromatic N) is 4. The Labute approximate surface area is 285 Å². The molecule has 8 rings (SSSR count). The van der Waals surface area contributed by atoms with Crippen LogP contribution >= 0.6 is 0 Å². The molecule has 0 spiro atoms. The summed E-state index contributed by atoms with van der Waals surface area (Å²) < 4.78 is 16.0. The fourth-order valence-corrected chi connectivity index (χ4v) is 8.68. The molecular formula is C37H43FN8O3. The number of phenols is 1. The number of piperidine rings is 2. The van der Waals surface area contributed by atoms with E-state index in [-0.39, 0.29) is 23.6 Å². The number of amides is 2. The van der Waals surface area contributed by atoms with Gasteiger partial charge in [0, 0.05) is 60.7 Å². The summed E-state index contributed by atoms with van der Waals surface area (Å²) in [6.45, 7) is 2.91.